The van der Waals surface area contributed by atoms with E-state index in [1.165, 1.54) is 0 Å². The molecule has 0 saturated carbocycles. The SMILES string of the molecule is Cl.NO.NO.NO.[Fe]. The van der Waals surface area contributed by atoms with Crippen LogP contribution in [0.2, 0.25) is 0 Å². The number of rotatable bonds is 0. The molecule has 58 valence electrons. The van der Waals surface area contributed by atoms with Crippen LogP contribution in [0.5, 0.6) is 0 Å². The van der Waals surface area contributed by atoms with Crippen LogP contribution in [0.15, 0.2) is 0 Å². The van der Waals surface area contributed by atoms with E-state index in [4.69, 9.17) is 15.6 Å². The first-order chi connectivity index (χ1) is 3.00. The largest absolute Gasteiger partial charge is 0.320 e. The molecule has 8 heavy (non-hydrogen) atoms. The Kier molecular flexibility index (Phi) is 4850. The third-order valence-electron chi connectivity index (χ3n) is 0. The van der Waals surface area contributed by atoms with Gasteiger partial charge in [-0.15, -0.1) is 12.4 Å². The molecule has 0 aliphatic heterocycles. The van der Waals surface area contributed by atoms with E-state index in [0.717, 1.165) is 0 Å². The summed E-state index contributed by atoms with van der Waals surface area (Å²) < 4.78 is 0. The van der Waals surface area contributed by atoms with Gasteiger partial charge in [-0.25, -0.2) is 17.7 Å². The maximum atomic E-state index is 6.50. The van der Waals surface area contributed by atoms with Crippen LogP contribution in [-0.4, -0.2) is 15.6 Å². The third kappa shape index (κ3) is 628. The molecular weight excluding hydrogens is 181 g/mol. The normalized spacial score (nSPS) is 2.25. The number of halogens is 1. The van der Waals surface area contributed by atoms with E-state index < -0.39 is 0 Å². The first-order valence-corrected chi connectivity index (χ1v) is 0.775. The summed E-state index contributed by atoms with van der Waals surface area (Å²) in [6, 6.07) is 0. The van der Waals surface area contributed by atoms with Crippen molar-refractivity contribution in [1.29, 1.82) is 0 Å². The molecule has 0 aliphatic rings. The van der Waals surface area contributed by atoms with Gasteiger partial charge in [-0.1, -0.05) is 0 Å². The van der Waals surface area contributed by atoms with Crippen molar-refractivity contribution in [3.63, 3.8) is 0 Å². The van der Waals surface area contributed by atoms with Gasteiger partial charge in [0.15, 0.2) is 0 Å². The summed E-state index contributed by atoms with van der Waals surface area (Å²) in [7, 11) is 0. The van der Waals surface area contributed by atoms with Gasteiger partial charge in [-0.3, -0.25) is 0 Å². The Balaban J connectivity index is -0.00000000500. The molecule has 6 nitrogen and oxygen atoms in total. The number of nitrogens with two attached hydrogens (primary N) is 3. The molecule has 0 saturated heterocycles. The Morgan fingerprint density at radius 2 is 0.625 bits per heavy atom. The predicted molar refractivity (Wildman–Crippen MR) is 25.2 cm³/mol. The van der Waals surface area contributed by atoms with Crippen LogP contribution in [0.1, 0.15) is 0 Å². The van der Waals surface area contributed by atoms with Crippen LogP contribution in [0.4, 0.5) is 0 Å². The van der Waals surface area contributed by atoms with Crippen LogP contribution >= 0.6 is 12.4 Å². The van der Waals surface area contributed by atoms with Gasteiger partial charge in [-0.05, 0) is 0 Å². The van der Waals surface area contributed by atoms with Crippen LogP contribution in [0.25, 0.3) is 0 Å². The van der Waals surface area contributed by atoms with E-state index in [1.54, 1.807) is 0 Å². The third-order valence-corrected chi connectivity index (χ3v) is 0. The smallest absolute Gasteiger partial charge is 0 e. The molecule has 0 fully saturated rings. The molecule has 0 aromatic heterocycles. The standard InChI is InChI=1S/ClH.Fe.3H3NO/c;;3*1-2/h1H;;3*2H,1H2. The molecule has 0 rings (SSSR count). The van der Waals surface area contributed by atoms with Crippen molar-refractivity contribution in [2.75, 3.05) is 0 Å². The first-order valence-electron chi connectivity index (χ1n) is 0.775. The van der Waals surface area contributed by atoms with Gasteiger partial charge in [0.1, 0.15) is 0 Å². The van der Waals surface area contributed by atoms with Crippen LogP contribution in [-0.2, 0) is 17.1 Å². The summed E-state index contributed by atoms with van der Waals surface area (Å²) in [4.78, 5) is 0. The minimum atomic E-state index is 0. The average molecular weight is 191 g/mol. The second-order valence-corrected chi connectivity index (χ2v) is 0. The van der Waals surface area contributed by atoms with E-state index in [-0.39, 0.29) is 29.5 Å². The van der Waals surface area contributed by atoms with Gasteiger partial charge in [0, 0.05) is 17.1 Å². The van der Waals surface area contributed by atoms with Gasteiger partial charge in [-0.2, -0.15) is 0 Å². The predicted octanol–water partition coefficient (Wildman–Crippen LogP) is -1.58. The van der Waals surface area contributed by atoms with Gasteiger partial charge in [0.2, 0.25) is 0 Å². The molecule has 0 aliphatic carbocycles. The molecule has 0 aromatic rings. The molecule has 0 unspecified atom stereocenters. The van der Waals surface area contributed by atoms with Crippen molar-refractivity contribution in [2.24, 2.45) is 17.7 Å². The minimum absolute atomic E-state index is 0. The Bertz CT molecular complexity index is 14.5. The molecule has 0 heterocycles. The fourth-order valence-electron chi connectivity index (χ4n) is 0. The van der Waals surface area contributed by atoms with Crippen molar-refractivity contribution >= 4 is 12.4 Å². The van der Waals surface area contributed by atoms with Crippen molar-refractivity contribution in [3.8, 4) is 0 Å². The second-order valence-electron chi connectivity index (χ2n) is 0. The van der Waals surface area contributed by atoms with Crippen molar-refractivity contribution < 1.29 is 32.7 Å². The monoisotopic (exact) mass is 191 g/mol. The maximum Gasteiger partial charge on any atom is 0 e. The Morgan fingerprint density at radius 3 is 0.625 bits per heavy atom. The average Bonchev–Trinajstić information content (AvgIpc) is 1.81. The van der Waals surface area contributed by atoms with E-state index in [9.17, 15) is 0 Å². The molecule has 0 atom stereocenters. The first kappa shape index (κ1) is 38.5. The Labute approximate surface area is 63.4 Å². The summed E-state index contributed by atoms with van der Waals surface area (Å²) in [5.41, 5.74) is 0. The number of hydrogen-bond acceptors (Lipinski definition) is 6. The van der Waals surface area contributed by atoms with Gasteiger partial charge in [0.05, 0.1) is 0 Å². The molecular formula is H10ClFeN3O3. The van der Waals surface area contributed by atoms with E-state index in [0.29, 0.717) is 0 Å². The summed E-state index contributed by atoms with van der Waals surface area (Å²) in [5.74, 6) is 10.5. The molecule has 0 amide bonds. The molecule has 8 heteroatoms. The van der Waals surface area contributed by atoms with Gasteiger partial charge in [0.25, 0.3) is 0 Å². The molecule has 0 aromatic carbocycles. The van der Waals surface area contributed by atoms with Crippen LogP contribution in [0, 0.1) is 0 Å². The van der Waals surface area contributed by atoms with Crippen LogP contribution < -0.4 is 17.7 Å². The zero-order valence-electron chi connectivity index (χ0n) is 3.84. The van der Waals surface area contributed by atoms with Crippen molar-refractivity contribution in [2.45, 2.75) is 0 Å². The fourth-order valence-corrected chi connectivity index (χ4v) is 0. The van der Waals surface area contributed by atoms with Crippen molar-refractivity contribution in [3.05, 3.63) is 0 Å². The molecule has 0 bridgehead atoms. The minimum Gasteiger partial charge on any atom is -0.320 e. The van der Waals surface area contributed by atoms with E-state index in [1.807, 2.05) is 0 Å². The van der Waals surface area contributed by atoms with Crippen molar-refractivity contribution in [1.82, 2.24) is 0 Å². The fraction of sp³-hybridized carbons (Fsp3) is 0. The van der Waals surface area contributed by atoms with Gasteiger partial charge >= 0.3 is 0 Å². The molecule has 9 N–H and O–H groups in total. The topological polar surface area (TPSA) is 139 Å². The quantitative estimate of drug-likeness (QED) is 0.202. The summed E-state index contributed by atoms with van der Waals surface area (Å²) in [5, 5.41) is 19.5. The van der Waals surface area contributed by atoms with Gasteiger partial charge < -0.3 is 15.6 Å². The second kappa shape index (κ2) is 1010. The van der Waals surface area contributed by atoms with Crippen LogP contribution in [0.3, 0.4) is 0 Å². The van der Waals surface area contributed by atoms with E-state index in [2.05, 4.69) is 17.7 Å². The zero-order valence-corrected chi connectivity index (χ0v) is 5.76. The van der Waals surface area contributed by atoms with E-state index >= 15 is 0 Å². The molecule has 0 radical (unpaired) electrons. The zero-order chi connectivity index (χ0) is 6.00. The summed E-state index contributed by atoms with van der Waals surface area (Å²) in [6.45, 7) is 0. The molecule has 0 spiro atoms. The number of hydrogen-bond donors (Lipinski definition) is 6. The maximum absolute atomic E-state index is 6.50. The Hall–Kier alpha value is 0.569. The summed E-state index contributed by atoms with van der Waals surface area (Å²) in [6.07, 6.45) is 0. The Morgan fingerprint density at radius 1 is 0.625 bits per heavy atom. The summed E-state index contributed by atoms with van der Waals surface area (Å²) >= 11 is 0.